The second kappa shape index (κ2) is 6.95. The molecule has 0 N–H and O–H groups in total. The average Bonchev–Trinajstić information content (AvgIpc) is 3.27. The van der Waals surface area contributed by atoms with Gasteiger partial charge in [-0.05, 0) is 48.1 Å². The molecule has 3 aromatic rings. The van der Waals surface area contributed by atoms with E-state index in [0.29, 0.717) is 17.9 Å². The minimum Gasteiger partial charge on any atom is -0.329 e. The lowest BCUT2D eigenvalue weighted by Gasteiger charge is -2.29. The predicted octanol–water partition coefficient (Wildman–Crippen LogP) is 3.87. The molecule has 5 nitrogen and oxygen atoms in total. The normalized spacial score (nSPS) is 19.5. The van der Waals surface area contributed by atoms with Gasteiger partial charge in [-0.15, -0.1) is 0 Å². The van der Waals surface area contributed by atoms with Crippen molar-refractivity contribution in [3.63, 3.8) is 0 Å². The summed E-state index contributed by atoms with van der Waals surface area (Å²) in [5.74, 6) is -1.79. The van der Waals surface area contributed by atoms with Crippen molar-refractivity contribution in [1.29, 1.82) is 0 Å². The van der Waals surface area contributed by atoms with E-state index in [4.69, 9.17) is 4.84 Å². The molecular weight excluding hydrogens is 378 g/mol. The molecule has 0 saturated carbocycles. The molecule has 2 aliphatic rings. The molecule has 0 aromatic heterocycles. The number of fused-ring (bicyclic) bond motifs is 2. The molecule has 0 fully saturated rings. The summed E-state index contributed by atoms with van der Waals surface area (Å²) in [5, 5.41) is 0.612. The topological polar surface area (TPSA) is 63.7 Å². The van der Waals surface area contributed by atoms with Crippen molar-refractivity contribution >= 4 is 17.8 Å². The van der Waals surface area contributed by atoms with Crippen LogP contribution in [0.2, 0.25) is 0 Å². The number of rotatable bonds is 4. The van der Waals surface area contributed by atoms with E-state index < -0.39 is 23.2 Å². The Kier molecular flexibility index (Phi) is 4.24. The maximum absolute atomic E-state index is 13.6. The molecule has 1 atom stereocenters. The molecule has 148 valence electrons. The molecule has 0 radical (unpaired) electrons. The summed E-state index contributed by atoms with van der Waals surface area (Å²) >= 11 is 0. The first kappa shape index (κ1) is 18.3. The molecule has 1 heterocycles. The number of carbonyl (C=O) groups excluding carboxylic acids is 3. The second-order valence-corrected chi connectivity index (χ2v) is 7.73. The molecule has 1 unspecified atom stereocenters. The molecule has 5 rings (SSSR count). The van der Waals surface area contributed by atoms with Crippen LogP contribution in [0.15, 0.2) is 78.9 Å². The third-order valence-corrected chi connectivity index (χ3v) is 6.02. The molecule has 0 bridgehead atoms. The zero-order valence-corrected chi connectivity index (χ0v) is 16.2. The van der Waals surface area contributed by atoms with Gasteiger partial charge in [-0.25, -0.2) is 4.79 Å². The molecule has 5 heteroatoms. The Morgan fingerprint density at radius 2 is 1.43 bits per heavy atom. The largest absolute Gasteiger partial charge is 0.344 e. The molecule has 30 heavy (non-hydrogen) atoms. The van der Waals surface area contributed by atoms with Gasteiger partial charge in [0.2, 0.25) is 0 Å². The summed E-state index contributed by atoms with van der Waals surface area (Å²) in [4.78, 5) is 44.5. The van der Waals surface area contributed by atoms with E-state index in [1.807, 2.05) is 54.6 Å². The molecule has 1 aliphatic heterocycles. The standard InChI is InChI=1S/C25H19NO4/c27-22-19-11-5-6-12-20(19)23(28)26(22)30-24(29)25(16-17-8-2-1-3-9-17)15-14-18-10-4-7-13-21(18)25/h1-13H,14-16H2. The van der Waals surface area contributed by atoms with Crippen LogP contribution in [0.1, 0.15) is 43.8 Å². The predicted molar refractivity (Wildman–Crippen MR) is 110 cm³/mol. The van der Waals surface area contributed by atoms with Crippen molar-refractivity contribution in [3.05, 3.63) is 107 Å². The SMILES string of the molecule is O=C1c2ccccc2C(=O)N1OC(=O)C1(Cc2ccccc2)CCc2ccccc21. The van der Waals surface area contributed by atoms with Crippen LogP contribution in [0.3, 0.4) is 0 Å². The number of aryl methyl sites for hydroxylation is 1. The van der Waals surface area contributed by atoms with Crippen molar-refractivity contribution in [3.8, 4) is 0 Å². The third-order valence-electron chi connectivity index (χ3n) is 6.02. The Labute approximate surface area is 173 Å². The van der Waals surface area contributed by atoms with Crippen LogP contribution >= 0.6 is 0 Å². The van der Waals surface area contributed by atoms with Crippen molar-refractivity contribution in [2.24, 2.45) is 0 Å². The van der Waals surface area contributed by atoms with E-state index in [1.165, 1.54) is 0 Å². The summed E-state index contributed by atoms with van der Waals surface area (Å²) in [6.45, 7) is 0. The number of hydrogen-bond acceptors (Lipinski definition) is 4. The lowest BCUT2D eigenvalue weighted by atomic mass is 9.76. The monoisotopic (exact) mass is 397 g/mol. The van der Waals surface area contributed by atoms with Gasteiger partial charge in [0.05, 0.1) is 16.5 Å². The van der Waals surface area contributed by atoms with E-state index in [2.05, 4.69) is 0 Å². The van der Waals surface area contributed by atoms with Crippen LogP contribution in [0.4, 0.5) is 0 Å². The van der Waals surface area contributed by atoms with Gasteiger partial charge < -0.3 is 4.84 Å². The minimum absolute atomic E-state index is 0.249. The fraction of sp³-hybridized carbons (Fsp3) is 0.160. The van der Waals surface area contributed by atoms with E-state index in [-0.39, 0.29) is 11.1 Å². The fourth-order valence-corrected chi connectivity index (χ4v) is 4.52. The molecule has 3 aromatic carbocycles. The van der Waals surface area contributed by atoms with Gasteiger partial charge in [0.1, 0.15) is 0 Å². The van der Waals surface area contributed by atoms with Crippen LogP contribution in [0, 0.1) is 0 Å². The first-order valence-electron chi connectivity index (χ1n) is 9.93. The van der Waals surface area contributed by atoms with Gasteiger partial charge in [0.25, 0.3) is 11.8 Å². The molecule has 1 aliphatic carbocycles. The molecule has 0 saturated heterocycles. The Bertz CT molecular complexity index is 1140. The summed E-state index contributed by atoms with van der Waals surface area (Å²) in [5.41, 5.74) is 2.53. The summed E-state index contributed by atoms with van der Waals surface area (Å²) < 4.78 is 0. The van der Waals surface area contributed by atoms with Crippen molar-refractivity contribution in [1.82, 2.24) is 5.06 Å². The second-order valence-electron chi connectivity index (χ2n) is 7.73. The summed E-state index contributed by atoms with van der Waals surface area (Å²) in [6, 6.07) is 24.0. The Morgan fingerprint density at radius 1 is 0.833 bits per heavy atom. The number of hydrogen-bond donors (Lipinski definition) is 0. The number of nitrogens with zero attached hydrogens (tertiary/aromatic N) is 1. The zero-order valence-electron chi connectivity index (χ0n) is 16.2. The van der Waals surface area contributed by atoms with Gasteiger partial charge in [0.15, 0.2) is 0 Å². The smallest absolute Gasteiger partial charge is 0.329 e. The molecular formula is C25H19NO4. The van der Waals surface area contributed by atoms with E-state index >= 15 is 0 Å². The number of hydroxylamine groups is 2. The first-order chi connectivity index (χ1) is 14.6. The fourth-order valence-electron chi connectivity index (χ4n) is 4.52. The van der Waals surface area contributed by atoms with E-state index in [9.17, 15) is 14.4 Å². The lowest BCUT2D eigenvalue weighted by molar-refractivity contribution is -0.176. The van der Waals surface area contributed by atoms with Crippen LogP contribution < -0.4 is 0 Å². The van der Waals surface area contributed by atoms with Gasteiger partial charge in [-0.2, -0.15) is 0 Å². The molecule has 0 spiro atoms. The highest BCUT2D eigenvalue weighted by Gasteiger charge is 2.49. The summed E-state index contributed by atoms with van der Waals surface area (Å²) in [7, 11) is 0. The Balaban J connectivity index is 1.51. The highest BCUT2D eigenvalue weighted by molar-refractivity contribution is 6.21. The average molecular weight is 397 g/mol. The van der Waals surface area contributed by atoms with Gasteiger partial charge in [-0.3, -0.25) is 9.59 Å². The van der Waals surface area contributed by atoms with Crippen LogP contribution in [-0.2, 0) is 27.9 Å². The van der Waals surface area contributed by atoms with Crippen molar-refractivity contribution in [2.45, 2.75) is 24.7 Å². The van der Waals surface area contributed by atoms with Gasteiger partial charge in [0, 0.05) is 0 Å². The quantitative estimate of drug-likeness (QED) is 0.627. The highest BCUT2D eigenvalue weighted by Crippen LogP contribution is 2.43. The number of imide groups is 1. The number of amides is 2. The van der Waals surface area contributed by atoms with Gasteiger partial charge >= 0.3 is 5.97 Å². The minimum atomic E-state index is -0.951. The van der Waals surface area contributed by atoms with Crippen molar-refractivity contribution < 1.29 is 19.2 Å². The number of carbonyl (C=O) groups is 3. The van der Waals surface area contributed by atoms with Crippen LogP contribution in [0.25, 0.3) is 0 Å². The summed E-state index contributed by atoms with van der Waals surface area (Å²) in [6.07, 6.45) is 1.73. The van der Waals surface area contributed by atoms with Crippen LogP contribution in [-0.4, -0.2) is 22.8 Å². The van der Waals surface area contributed by atoms with Crippen molar-refractivity contribution in [2.75, 3.05) is 0 Å². The Morgan fingerprint density at radius 3 is 2.13 bits per heavy atom. The molecule has 2 amide bonds. The third kappa shape index (κ3) is 2.74. The maximum atomic E-state index is 13.6. The van der Waals surface area contributed by atoms with E-state index in [0.717, 1.165) is 23.1 Å². The first-order valence-corrected chi connectivity index (χ1v) is 9.93. The van der Waals surface area contributed by atoms with Crippen LogP contribution in [0.5, 0.6) is 0 Å². The lowest BCUT2D eigenvalue weighted by Crippen LogP contribution is -2.43. The van der Waals surface area contributed by atoms with Gasteiger partial charge in [-0.1, -0.05) is 71.8 Å². The van der Waals surface area contributed by atoms with E-state index in [1.54, 1.807) is 24.3 Å². The Hall–Kier alpha value is -3.73. The highest BCUT2D eigenvalue weighted by atomic mass is 16.7. The zero-order chi connectivity index (χ0) is 20.7. The number of benzene rings is 3. The maximum Gasteiger partial charge on any atom is 0.344 e.